The van der Waals surface area contributed by atoms with Gasteiger partial charge in [-0.05, 0) is 69.9 Å². The van der Waals surface area contributed by atoms with Crippen LogP contribution >= 0.6 is 0 Å². The molecule has 3 aliphatic rings. The summed E-state index contributed by atoms with van der Waals surface area (Å²) in [5.41, 5.74) is 1.27. The van der Waals surface area contributed by atoms with E-state index in [1.54, 1.807) is 24.8 Å². The molecule has 0 spiro atoms. The minimum absolute atomic E-state index is 0.00474. The summed E-state index contributed by atoms with van der Waals surface area (Å²) in [7, 11) is 0. The molecule has 9 nitrogen and oxygen atoms in total. The van der Waals surface area contributed by atoms with Crippen LogP contribution in [0, 0.1) is 17.8 Å². The number of para-hydroxylation sites is 1. The third-order valence-corrected chi connectivity index (χ3v) is 8.66. The normalized spacial score (nSPS) is 25.5. The second kappa shape index (κ2) is 11.3. The smallest absolute Gasteiger partial charge is 0.289 e. The van der Waals surface area contributed by atoms with E-state index in [-0.39, 0.29) is 41.9 Å². The fourth-order valence-electron chi connectivity index (χ4n) is 6.76. The van der Waals surface area contributed by atoms with Crippen LogP contribution < -0.4 is 10.6 Å². The molecular weight excluding hydrogens is 496 g/mol. The highest BCUT2D eigenvalue weighted by molar-refractivity contribution is 6.38. The molecule has 9 heteroatoms. The maximum Gasteiger partial charge on any atom is 0.289 e. The number of hydrogen-bond donors (Lipinski definition) is 3. The van der Waals surface area contributed by atoms with E-state index in [9.17, 15) is 24.0 Å². The number of aromatic amines is 1. The molecule has 3 fully saturated rings. The number of nitrogens with one attached hydrogen (secondary N) is 3. The van der Waals surface area contributed by atoms with Crippen molar-refractivity contribution < 1.29 is 24.0 Å². The number of fused-ring (bicyclic) bond motifs is 2. The van der Waals surface area contributed by atoms with Gasteiger partial charge in [-0.1, -0.05) is 31.0 Å². The molecule has 0 radical (unpaired) electrons. The van der Waals surface area contributed by atoms with Crippen LogP contribution in [0.3, 0.4) is 0 Å². The quantitative estimate of drug-likeness (QED) is 0.448. The minimum atomic E-state index is -1.12. The average Bonchev–Trinajstić information content (AvgIpc) is 3.62. The number of H-pyrrole nitrogens is 1. The number of hydrogen-bond acceptors (Lipinski definition) is 5. The Bertz CT molecular complexity index is 1250. The van der Waals surface area contributed by atoms with E-state index in [2.05, 4.69) is 15.6 Å². The molecule has 39 heavy (non-hydrogen) atoms. The zero-order chi connectivity index (χ0) is 27.7. The molecular formula is C30H38N4O5. The Morgan fingerprint density at radius 1 is 1.03 bits per heavy atom. The monoisotopic (exact) mass is 534 g/mol. The summed E-state index contributed by atoms with van der Waals surface area (Å²) in [6.07, 6.45) is 5.66. The number of likely N-dealkylation sites (tertiary alicyclic amines) is 1. The number of aromatic nitrogens is 1. The Morgan fingerprint density at radius 3 is 2.56 bits per heavy atom. The lowest BCUT2D eigenvalue weighted by Crippen LogP contribution is -2.55. The van der Waals surface area contributed by atoms with Crippen molar-refractivity contribution in [3.8, 4) is 0 Å². The highest BCUT2D eigenvalue weighted by atomic mass is 16.2. The molecule has 5 rings (SSSR count). The van der Waals surface area contributed by atoms with Gasteiger partial charge in [0.15, 0.2) is 0 Å². The molecule has 1 saturated heterocycles. The van der Waals surface area contributed by atoms with Crippen LogP contribution in [0.15, 0.2) is 30.3 Å². The third kappa shape index (κ3) is 5.63. The number of ketones is 2. The van der Waals surface area contributed by atoms with Crippen LogP contribution in [0.25, 0.3) is 10.9 Å². The molecule has 208 valence electrons. The second-order valence-electron chi connectivity index (χ2n) is 11.7. The molecule has 2 aromatic rings. The van der Waals surface area contributed by atoms with E-state index in [4.69, 9.17) is 0 Å². The van der Waals surface area contributed by atoms with Gasteiger partial charge in [0.1, 0.15) is 17.5 Å². The van der Waals surface area contributed by atoms with Crippen LogP contribution in [0.5, 0.6) is 0 Å². The maximum absolute atomic E-state index is 13.9. The number of amides is 3. The Balaban J connectivity index is 1.39. The summed E-state index contributed by atoms with van der Waals surface area (Å²) >= 11 is 0. The zero-order valence-electron chi connectivity index (χ0n) is 22.7. The number of benzene rings is 1. The van der Waals surface area contributed by atoms with Gasteiger partial charge < -0.3 is 20.5 Å². The number of nitrogens with zero attached hydrogens (tertiary/aromatic N) is 1. The number of carbonyl (C=O) groups is 5. The van der Waals surface area contributed by atoms with E-state index >= 15 is 0 Å². The number of rotatable bonds is 8. The van der Waals surface area contributed by atoms with Crippen molar-refractivity contribution in [2.75, 3.05) is 6.54 Å². The number of carbonyl (C=O) groups excluding carboxylic acids is 5. The molecule has 2 heterocycles. The van der Waals surface area contributed by atoms with Crippen molar-refractivity contribution in [2.45, 2.75) is 83.3 Å². The molecule has 2 aliphatic carbocycles. The van der Waals surface area contributed by atoms with Gasteiger partial charge in [-0.2, -0.15) is 0 Å². The first-order valence-corrected chi connectivity index (χ1v) is 14.3. The molecule has 1 unspecified atom stereocenters. The van der Waals surface area contributed by atoms with Crippen molar-refractivity contribution >= 4 is 40.2 Å². The first kappa shape index (κ1) is 27.1. The molecule has 1 aromatic heterocycles. The molecule has 3 N–H and O–H groups in total. The summed E-state index contributed by atoms with van der Waals surface area (Å²) in [6, 6.07) is 7.34. The lowest BCUT2D eigenvalue weighted by molar-refractivity contribution is -0.141. The van der Waals surface area contributed by atoms with Gasteiger partial charge in [0.2, 0.25) is 11.7 Å². The van der Waals surface area contributed by atoms with Crippen molar-refractivity contribution in [2.24, 2.45) is 17.8 Å². The van der Waals surface area contributed by atoms with Crippen molar-refractivity contribution in [3.63, 3.8) is 0 Å². The van der Waals surface area contributed by atoms with E-state index in [1.165, 1.54) is 0 Å². The van der Waals surface area contributed by atoms with E-state index in [0.29, 0.717) is 25.1 Å². The van der Waals surface area contributed by atoms with Gasteiger partial charge in [-0.25, -0.2) is 0 Å². The number of Topliss-reactive ketones (excluding diaryl/α,β-unsaturated/α-hetero) is 2. The van der Waals surface area contributed by atoms with Crippen LogP contribution in [0.1, 0.15) is 75.7 Å². The molecule has 2 saturated carbocycles. The fraction of sp³-hybridized carbons (Fsp3) is 0.567. The molecule has 1 aliphatic heterocycles. The van der Waals surface area contributed by atoms with Gasteiger partial charge in [0, 0.05) is 35.8 Å². The molecule has 5 atom stereocenters. The summed E-state index contributed by atoms with van der Waals surface area (Å²) in [5, 5.41) is 6.39. The maximum atomic E-state index is 13.9. The Morgan fingerprint density at radius 2 is 1.82 bits per heavy atom. The highest BCUT2D eigenvalue weighted by Gasteiger charge is 2.50. The Hall–Kier alpha value is -3.49. The Labute approximate surface area is 228 Å². The predicted molar refractivity (Wildman–Crippen MR) is 146 cm³/mol. The van der Waals surface area contributed by atoms with Crippen LogP contribution in [0.4, 0.5) is 0 Å². The van der Waals surface area contributed by atoms with Crippen molar-refractivity contribution in [1.29, 1.82) is 0 Å². The second-order valence-corrected chi connectivity index (χ2v) is 11.7. The summed E-state index contributed by atoms with van der Waals surface area (Å²) in [6.45, 7) is 4.00. The summed E-state index contributed by atoms with van der Waals surface area (Å²) in [4.78, 5) is 70.9. The summed E-state index contributed by atoms with van der Waals surface area (Å²) in [5.74, 6) is -2.27. The van der Waals surface area contributed by atoms with Crippen LogP contribution in [-0.4, -0.2) is 63.8 Å². The van der Waals surface area contributed by atoms with Gasteiger partial charge >= 0.3 is 0 Å². The largest absolute Gasteiger partial charge is 0.351 e. The van der Waals surface area contributed by atoms with Gasteiger partial charge in [-0.3, -0.25) is 24.0 Å². The standard InChI is InChI=1S/C30H38N4O5/c1-17(2)31-29(38)27(36)23(15-19-9-4-6-13-25(19)35)33-28(37)26-21-11-7-10-20(21)16-34(26)30(39)24-14-18-8-3-5-12-22(18)32-24/h3,5,8,12,14,17,19-21,23,26,32H,4,6-7,9-11,13,15-16H2,1-2H3,(H,31,38)(H,33,37)/t19-,20-,21-,23?,26-/m0/s1. The van der Waals surface area contributed by atoms with Gasteiger partial charge in [0.25, 0.3) is 11.8 Å². The lowest BCUT2D eigenvalue weighted by atomic mass is 9.82. The van der Waals surface area contributed by atoms with E-state index in [1.807, 2.05) is 24.3 Å². The average molecular weight is 535 g/mol. The molecule has 3 amide bonds. The van der Waals surface area contributed by atoms with Crippen molar-refractivity contribution in [1.82, 2.24) is 20.5 Å². The lowest BCUT2D eigenvalue weighted by Gasteiger charge is -2.30. The zero-order valence-corrected chi connectivity index (χ0v) is 22.7. The van der Waals surface area contributed by atoms with Crippen LogP contribution in [0.2, 0.25) is 0 Å². The molecule has 1 aromatic carbocycles. The fourth-order valence-corrected chi connectivity index (χ4v) is 6.76. The van der Waals surface area contributed by atoms with Gasteiger partial charge in [-0.15, -0.1) is 0 Å². The third-order valence-electron chi connectivity index (χ3n) is 8.66. The molecule has 0 bridgehead atoms. The van der Waals surface area contributed by atoms with E-state index in [0.717, 1.165) is 43.0 Å². The SMILES string of the molecule is CC(C)NC(=O)C(=O)C(C[C@@H]1CCCCC1=O)NC(=O)[C@@H]1[C@H]2CCC[C@H]2CN1C(=O)c1cc2ccccc2[nH]1. The van der Waals surface area contributed by atoms with Gasteiger partial charge in [0.05, 0.1) is 6.04 Å². The highest BCUT2D eigenvalue weighted by Crippen LogP contribution is 2.43. The Kier molecular flexibility index (Phi) is 7.86. The van der Waals surface area contributed by atoms with Crippen LogP contribution in [-0.2, 0) is 19.2 Å². The first-order chi connectivity index (χ1) is 18.7. The van der Waals surface area contributed by atoms with Crippen molar-refractivity contribution in [3.05, 3.63) is 36.0 Å². The topological polar surface area (TPSA) is 128 Å². The minimum Gasteiger partial charge on any atom is -0.351 e. The summed E-state index contributed by atoms with van der Waals surface area (Å²) < 4.78 is 0. The first-order valence-electron chi connectivity index (χ1n) is 14.3. The van der Waals surface area contributed by atoms with E-state index < -0.39 is 29.7 Å². The predicted octanol–water partition coefficient (Wildman–Crippen LogP) is 3.14.